The SMILES string of the molecule is CC1=C(C(=O)Cc2ccc3cnccc3c2)C(c2ccc(C(F)(F)F)c(F)c2)n2nc(C(=O)NCCN3CCCCC3)cc2C1. The van der Waals surface area contributed by atoms with Gasteiger partial charge in [-0.1, -0.05) is 36.3 Å². The Morgan fingerprint density at radius 2 is 1.80 bits per heavy atom. The third kappa shape index (κ3) is 6.54. The number of carbonyl (C=O) groups excluding carboxylic acids is 2. The van der Waals surface area contributed by atoms with Crippen LogP contribution in [0.2, 0.25) is 0 Å². The number of benzene rings is 2. The zero-order valence-corrected chi connectivity index (χ0v) is 24.8. The van der Waals surface area contributed by atoms with Crippen molar-refractivity contribution in [2.45, 2.75) is 51.2 Å². The number of likely N-dealkylation sites (tertiary alicyclic amines) is 1. The fourth-order valence-electron chi connectivity index (χ4n) is 6.38. The van der Waals surface area contributed by atoms with Crippen molar-refractivity contribution in [3.63, 3.8) is 0 Å². The number of nitrogens with one attached hydrogen (secondary N) is 1. The Morgan fingerprint density at radius 1 is 1.00 bits per heavy atom. The van der Waals surface area contributed by atoms with Crippen molar-refractivity contribution in [1.29, 1.82) is 0 Å². The number of fused-ring (bicyclic) bond motifs is 2. The number of allylic oxidation sites excluding steroid dienone is 2. The molecule has 0 radical (unpaired) electrons. The predicted octanol–water partition coefficient (Wildman–Crippen LogP) is 6.08. The molecule has 6 rings (SSSR count). The maximum atomic E-state index is 14.9. The van der Waals surface area contributed by atoms with E-state index in [4.69, 9.17) is 0 Å². The van der Waals surface area contributed by atoms with Crippen molar-refractivity contribution in [2.75, 3.05) is 26.2 Å². The molecule has 2 aromatic heterocycles. The number of hydrogen-bond donors (Lipinski definition) is 1. The summed E-state index contributed by atoms with van der Waals surface area (Å²) in [7, 11) is 0. The third-order valence-electron chi connectivity index (χ3n) is 8.62. The number of hydrogen-bond acceptors (Lipinski definition) is 5. The molecule has 0 bridgehead atoms. The van der Waals surface area contributed by atoms with E-state index in [2.05, 4.69) is 20.3 Å². The number of alkyl halides is 3. The van der Waals surface area contributed by atoms with Crippen molar-refractivity contribution in [1.82, 2.24) is 25.0 Å². The lowest BCUT2D eigenvalue weighted by atomic mass is 9.85. The molecule has 0 aliphatic carbocycles. The number of aromatic nitrogens is 3. The molecule has 11 heteroatoms. The third-order valence-corrected chi connectivity index (χ3v) is 8.62. The van der Waals surface area contributed by atoms with Crippen LogP contribution in [0.1, 0.15) is 65.1 Å². The average molecular weight is 620 g/mol. The zero-order chi connectivity index (χ0) is 31.7. The number of piperidine rings is 1. The summed E-state index contributed by atoms with van der Waals surface area (Å²) >= 11 is 0. The summed E-state index contributed by atoms with van der Waals surface area (Å²) in [6, 6.07) is 10.7. The maximum Gasteiger partial charge on any atom is 0.419 e. The molecule has 45 heavy (non-hydrogen) atoms. The van der Waals surface area contributed by atoms with Gasteiger partial charge in [0.1, 0.15) is 17.6 Å². The molecule has 7 nitrogen and oxygen atoms in total. The van der Waals surface area contributed by atoms with Gasteiger partial charge in [-0.25, -0.2) is 4.39 Å². The van der Waals surface area contributed by atoms with E-state index in [0.29, 0.717) is 35.9 Å². The Balaban J connectivity index is 1.32. The Bertz CT molecular complexity index is 1790. The van der Waals surface area contributed by atoms with Gasteiger partial charge in [0, 0.05) is 55.0 Å². The molecule has 1 fully saturated rings. The van der Waals surface area contributed by atoms with Crippen molar-refractivity contribution in [3.8, 4) is 0 Å². The summed E-state index contributed by atoms with van der Waals surface area (Å²) in [5.74, 6) is -2.09. The second kappa shape index (κ2) is 12.5. The highest BCUT2D eigenvalue weighted by Crippen LogP contribution is 2.39. The Labute approximate surface area is 257 Å². The molecule has 234 valence electrons. The zero-order valence-electron chi connectivity index (χ0n) is 24.8. The Hall–Kier alpha value is -4.38. The van der Waals surface area contributed by atoms with Crippen molar-refractivity contribution < 1.29 is 27.2 Å². The summed E-state index contributed by atoms with van der Waals surface area (Å²) in [6.07, 6.45) is 2.33. The van der Waals surface area contributed by atoms with Gasteiger partial charge < -0.3 is 10.2 Å². The maximum absolute atomic E-state index is 14.9. The average Bonchev–Trinajstić information content (AvgIpc) is 3.44. The summed E-state index contributed by atoms with van der Waals surface area (Å²) in [6.45, 7) is 4.94. The molecule has 1 atom stereocenters. The van der Waals surface area contributed by atoms with Crippen LogP contribution in [-0.2, 0) is 23.8 Å². The minimum atomic E-state index is -4.87. The molecular formula is C34H33F4N5O2. The second-order valence-electron chi connectivity index (χ2n) is 11.8. The molecule has 1 amide bonds. The van der Waals surface area contributed by atoms with Gasteiger partial charge in [0.2, 0.25) is 0 Å². The number of carbonyl (C=O) groups is 2. The molecule has 2 aliphatic rings. The number of nitrogens with zero attached hydrogens (tertiary/aromatic N) is 4. The minimum Gasteiger partial charge on any atom is -0.349 e. The van der Waals surface area contributed by atoms with Gasteiger partial charge in [-0.3, -0.25) is 19.3 Å². The van der Waals surface area contributed by atoms with Gasteiger partial charge in [-0.2, -0.15) is 18.3 Å². The lowest BCUT2D eigenvalue weighted by Gasteiger charge is -2.29. The summed E-state index contributed by atoms with van der Waals surface area (Å²) in [4.78, 5) is 33.5. The van der Waals surface area contributed by atoms with Gasteiger partial charge in [-0.05, 0) is 73.6 Å². The molecule has 4 aromatic rings. The van der Waals surface area contributed by atoms with Crippen molar-refractivity contribution in [2.24, 2.45) is 0 Å². The van der Waals surface area contributed by atoms with Gasteiger partial charge in [0.05, 0.1) is 5.56 Å². The number of amides is 1. The predicted molar refractivity (Wildman–Crippen MR) is 161 cm³/mol. The Morgan fingerprint density at radius 3 is 2.56 bits per heavy atom. The van der Waals surface area contributed by atoms with Crippen LogP contribution < -0.4 is 5.32 Å². The van der Waals surface area contributed by atoms with Crippen LogP contribution in [0.3, 0.4) is 0 Å². The second-order valence-corrected chi connectivity index (χ2v) is 11.8. The van der Waals surface area contributed by atoms with Crippen molar-refractivity contribution >= 4 is 22.5 Å². The molecule has 0 saturated carbocycles. The summed E-state index contributed by atoms with van der Waals surface area (Å²) in [5, 5.41) is 9.28. The minimum absolute atomic E-state index is 0.0188. The fraction of sp³-hybridized carbons (Fsp3) is 0.353. The standard InChI is InChI=1S/C34H33F4N5O2/c1-21-15-26-19-29(33(45)40-11-14-42-12-3-2-4-13-42)41-43(26)32(24-7-8-27(28(35)18-24)34(36,37)38)31(21)30(44)17-22-5-6-25-20-39-10-9-23(25)16-22/h5-10,16,18-20,32H,2-4,11-15,17H2,1H3,(H,40,45). The smallest absolute Gasteiger partial charge is 0.349 e. The lowest BCUT2D eigenvalue weighted by Crippen LogP contribution is -2.37. The van der Waals surface area contributed by atoms with Crippen LogP contribution in [0.25, 0.3) is 10.8 Å². The van der Waals surface area contributed by atoms with E-state index in [9.17, 15) is 27.2 Å². The molecule has 4 heterocycles. The number of ketones is 1. The molecule has 2 aromatic carbocycles. The van der Waals surface area contributed by atoms with Crippen LogP contribution >= 0.6 is 0 Å². The first-order valence-electron chi connectivity index (χ1n) is 15.1. The topological polar surface area (TPSA) is 80.1 Å². The number of Topliss-reactive ketones (excluding diaryl/α,β-unsaturated/α-hetero) is 1. The van der Waals surface area contributed by atoms with E-state index in [1.54, 1.807) is 25.4 Å². The first-order valence-corrected chi connectivity index (χ1v) is 15.1. The van der Waals surface area contributed by atoms with Gasteiger partial charge >= 0.3 is 6.18 Å². The van der Waals surface area contributed by atoms with Crippen LogP contribution in [0.15, 0.2) is 72.1 Å². The Kier molecular flexibility index (Phi) is 8.54. The van der Waals surface area contributed by atoms with Crippen LogP contribution in [0.4, 0.5) is 17.6 Å². The highest BCUT2D eigenvalue weighted by molar-refractivity contribution is 6.00. The first-order chi connectivity index (χ1) is 21.6. The summed E-state index contributed by atoms with van der Waals surface area (Å²) in [5.41, 5.74) is 1.22. The highest BCUT2D eigenvalue weighted by atomic mass is 19.4. The van der Waals surface area contributed by atoms with E-state index < -0.39 is 23.6 Å². The van der Waals surface area contributed by atoms with Gasteiger partial charge in [0.15, 0.2) is 5.78 Å². The molecule has 1 unspecified atom stereocenters. The van der Waals surface area contributed by atoms with Gasteiger partial charge in [-0.15, -0.1) is 0 Å². The number of rotatable bonds is 8. The molecule has 2 aliphatic heterocycles. The van der Waals surface area contributed by atoms with Crippen LogP contribution in [-0.4, -0.2) is 57.5 Å². The van der Waals surface area contributed by atoms with Gasteiger partial charge in [0.25, 0.3) is 5.91 Å². The largest absolute Gasteiger partial charge is 0.419 e. The lowest BCUT2D eigenvalue weighted by molar-refractivity contribution is -0.140. The van der Waals surface area contributed by atoms with E-state index >= 15 is 0 Å². The molecular weight excluding hydrogens is 586 g/mol. The van der Waals surface area contributed by atoms with E-state index in [1.807, 2.05) is 24.3 Å². The summed E-state index contributed by atoms with van der Waals surface area (Å²) < 4.78 is 56.6. The van der Waals surface area contributed by atoms with Crippen LogP contribution in [0.5, 0.6) is 0 Å². The first kappa shape index (κ1) is 30.6. The quantitative estimate of drug-likeness (QED) is 0.242. The number of halogens is 4. The fourth-order valence-corrected chi connectivity index (χ4v) is 6.38. The van der Waals surface area contributed by atoms with E-state index in [1.165, 1.54) is 17.2 Å². The van der Waals surface area contributed by atoms with E-state index in [0.717, 1.165) is 54.9 Å². The monoisotopic (exact) mass is 619 g/mol. The molecule has 1 saturated heterocycles. The number of pyridine rings is 1. The van der Waals surface area contributed by atoms with Crippen LogP contribution in [0, 0.1) is 5.82 Å². The van der Waals surface area contributed by atoms with E-state index in [-0.39, 0.29) is 29.4 Å². The molecule has 1 N–H and O–H groups in total. The normalized spacial score (nSPS) is 17.4. The van der Waals surface area contributed by atoms with Crippen molar-refractivity contribution in [3.05, 3.63) is 106 Å². The highest BCUT2D eigenvalue weighted by Gasteiger charge is 2.37. The molecule has 0 spiro atoms.